The van der Waals surface area contributed by atoms with Crippen LogP contribution in [0.3, 0.4) is 0 Å². The molecule has 0 saturated carbocycles. The molecule has 0 atom stereocenters. The third kappa shape index (κ3) is 2.44. The van der Waals surface area contributed by atoms with Crippen LogP contribution >= 0.6 is 0 Å². The largest absolute Gasteiger partial charge is 0.360 e. The summed E-state index contributed by atoms with van der Waals surface area (Å²) in [6.45, 7) is 4.71. The van der Waals surface area contributed by atoms with Gasteiger partial charge in [0.1, 0.15) is 5.69 Å². The average Bonchev–Trinajstić information content (AvgIpc) is 2.83. The van der Waals surface area contributed by atoms with Crippen molar-refractivity contribution in [1.82, 2.24) is 19.7 Å². The minimum absolute atomic E-state index is 0.0281. The van der Waals surface area contributed by atoms with Gasteiger partial charge < -0.3 is 4.52 Å². The van der Waals surface area contributed by atoms with Crippen LogP contribution in [0.2, 0.25) is 0 Å². The van der Waals surface area contributed by atoms with Crippen LogP contribution in [0.5, 0.6) is 0 Å². The predicted octanol–water partition coefficient (Wildman–Crippen LogP) is 0.452. The highest BCUT2D eigenvalue weighted by molar-refractivity contribution is 7.90. The summed E-state index contributed by atoms with van der Waals surface area (Å²) in [6.07, 6.45) is 0. The number of hydrogen-bond donors (Lipinski definition) is 1. The van der Waals surface area contributed by atoms with Crippen LogP contribution in [0, 0.1) is 20.8 Å². The second-order valence-corrected chi connectivity index (χ2v) is 6.00. The number of amides is 1. The van der Waals surface area contributed by atoms with Crippen molar-refractivity contribution in [2.75, 3.05) is 0 Å². The SMILES string of the molecule is Cc1noc(C)c1S(=O)(=O)NC(=O)c1cc(C)n(C)n1. The summed E-state index contributed by atoms with van der Waals surface area (Å²) < 4.78 is 32.5. The van der Waals surface area contributed by atoms with Crippen LogP contribution in [-0.2, 0) is 17.1 Å². The van der Waals surface area contributed by atoms with Gasteiger partial charge in [0.25, 0.3) is 15.9 Å². The number of carbonyl (C=O) groups excluding carboxylic acids is 1. The molecule has 2 aromatic heterocycles. The van der Waals surface area contributed by atoms with Crippen molar-refractivity contribution in [3.05, 3.63) is 28.9 Å². The van der Waals surface area contributed by atoms with Crippen LogP contribution in [0.25, 0.3) is 0 Å². The highest BCUT2D eigenvalue weighted by atomic mass is 32.2. The van der Waals surface area contributed by atoms with Crippen molar-refractivity contribution in [1.29, 1.82) is 0 Å². The highest BCUT2D eigenvalue weighted by Crippen LogP contribution is 2.18. The number of aryl methyl sites for hydroxylation is 4. The number of sulfonamides is 1. The third-order valence-corrected chi connectivity index (χ3v) is 4.38. The Balaban J connectivity index is 2.32. The number of rotatable bonds is 3. The summed E-state index contributed by atoms with van der Waals surface area (Å²) in [5.41, 5.74) is 0.963. The summed E-state index contributed by atoms with van der Waals surface area (Å²) in [5.74, 6) is -0.672. The van der Waals surface area contributed by atoms with Crippen LogP contribution in [-0.4, -0.2) is 29.3 Å². The number of nitrogens with one attached hydrogen (secondary N) is 1. The third-order valence-electron chi connectivity index (χ3n) is 2.81. The molecule has 0 fully saturated rings. The van der Waals surface area contributed by atoms with Gasteiger partial charge in [0.05, 0.1) is 0 Å². The van der Waals surface area contributed by atoms with E-state index in [1.807, 2.05) is 4.72 Å². The van der Waals surface area contributed by atoms with E-state index in [1.54, 1.807) is 14.0 Å². The van der Waals surface area contributed by atoms with Gasteiger partial charge in [-0.15, -0.1) is 0 Å². The second kappa shape index (κ2) is 4.75. The Morgan fingerprint density at radius 1 is 1.35 bits per heavy atom. The molecule has 0 aliphatic carbocycles. The molecule has 2 aromatic rings. The molecule has 2 heterocycles. The molecule has 1 N–H and O–H groups in total. The van der Waals surface area contributed by atoms with E-state index in [9.17, 15) is 13.2 Å². The first-order chi connectivity index (χ1) is 9.22. The number of carbonyl (C=O) groups is 1. The maximum Gasteiger partial charge on any atom is 0.285 e. The molecule has 1 amide bonds. The monoisotopic (exact) mass is 298 g/mol. The molecule has 0 aliphatic rings. The Bertz CT molecular complexity index is 733. The van der Waals surface area contributed by atoms with Gasteiger partial charge >= 0.3 is 0 Å². The molecule has 0 spiro atoms. The van der Waals surface area contributed by atoms with Crippen LogP contribution in [0.4, 0.5) is 0 Å². The van der Waals surface area contributed by atoms with Gasteiger partial charge in [-0.05, 0) is 26.8 Å². The van der Waals surface area contributed by atoms with E-state index in [0.29, 0.717) is 0 Å². The van der Waals surface area contributed by atoms with Gasteiger partial charge in [0.15, 0.2) is 16.3 Å². The summed E-state index contributed by atoms with van der Waals surface area (Å²) in [6, 6.07) is 1.50. The Labute approximate surface area is 115 Å². The quantitative estimate of drug-likeness (QED) is 0.881. The zero-order chi connectivity index (χ0) is 15.1. The molecule has 20 heavy (non-hydrogen) atoms. The normalized spacial score (nSPS) is 11.6. The molecule has 9 heteroatoms. The van der Waals surface area contributed by atoms with Crippen molar-refractivity contribution in [2.45, 2.75) is 25.7 Å². The lowest BCUT2D eigenvalue weighted by atomic mass is 10.4. The Kier molecular flexibility index (Phi) is 3.38. The van der Waals surface area contributed by atoms with Gasteiger partial charge in [-0.3, -0.25) is 9.48 Å². The van der Waals surface area contributed by atoms with E-state index in [0.717, 1.165) is 5.69 Å². The fraction of sp³-hybridized carbons (Fsp3) is 0.364. The summed E-state index contributed by atoms with van der Waals surface area (Å²) >= 11 is 0. The maximum atomic E-state index is 12.1. The molecule has 8 nitrogen and oxygen atoms in total. The first-order valence-corrected chi connectivity index (χ1v) is 7.21. The Morgan fingerprint density at radius 3 is 2.45 bits per heavy atom. The second-order valence-electron chi connectivity index (χ2n) is 4.38. The molecule has 0 aliphatic heterocycles. The van der Waals surface area contributed by atoms with Crippen molar-refractivity contribution in [3.63, 3.8) is 0 Å². The smallest absolute Gasteiger partial charge is 0.285 e. The Morgan fingerprint density at radius 2 is 2.00 bits per heavy atom. The fourth-order valence-electron chi connectivity index (χ4n) is 1.76. The van der Waals surface area contributed by atoms with Gasteiger partial charge in [-0.1, -0.05) is 5.16 Å². The predicted molar refractivity (Wildman–Crippen MR) is 68.6 cm³/mol. The van der Waals surface area contributed by atoms with E-state index in [1.165, 1.54) is 24.6 Å². The Hall–Kier alpha value is -2.16. The van der Waals surface area contributed by atoms with E-state index in [-0.39, 0.29) is 22.0 Å². The van der Waals surface area contributed by atoms with E-state index >= 15 is 0 Å². The van der Waals surface area contributed by atoms with Gasteiger partial charge in [-0.2, -0.15) is 5.10 Å². The average molecular weight is 298 g/mol. The van der Waals surface area contributed by atoms with Crippen molar-refractivity contribution in [3.8, 4) is 0 Å². The van der Waals surface area contributed by atoms with Crippen LogP contribution in [0.15, 0.2) is 15.5 Å². The number of nitrogens with zero attached hydrogens (tertiary/aromatic N) is 3. The summed E-state index contributed by atoms with van der Waals surface area (Å²) in [5, 5.41) is 7.48. The zero-order valence-electron chi connectivity index (χ0n) is 11.5. The number of hydrogen-bond acceptors (Lipinski definition) is 6. The molecule has 0 bridgehead atoms. The van der Waals surface area contributed by atoms with Gasteiger partial charge in [0.2, 0.25) is 0 Å². The maximum absolute atomic E-state index is 12.1. The van der Waals surface area contributed by atoms with Gasteiger partial charge in [0, 0.05) is 12.7 Å². The van der Waals surface area contributed by atoms with E-state index < -0.39 is 15.9 Å². The van der Waals surface area contributed by atoms with Crippen molar-refractivity contribution in [2.24, 2.45) is 7.05 Å². The van der Waals surface area contributed by atoms with Crippen molar-refractivity contribution >= 4 is 15.9 Å². The molecular weight excluding hydrogens is 284 g/mol. The lowest BCUT2D eigenvalue weighted by molar-refractivity contribution is 0.0976. The molecule has 2 rings (SSSR count). The standard InChI is InChI=1S/C11H14N4O4S/c1-6-5-9(12-15(6)4)11(16)14-20(17,18)10-7(2)13-19-8(10)3/h5H,1-4H3,(H,14,16). The topological polar surface area (TPSA) is 107 Å². The molecule has 0 radical (unpaired) electrons. The van der Waals surface area contributed by atoms with Crippen LogP contribution < -0.4 is 4.72 Å². The minimum Gasteiger partial charge on any atom is -0.360 e. The highest BCUT2D eigenvalue weighted by Gasteiger charge is 2.27. The van der Waals surface area contributed by atoms with Gasteiger partial charge in [-0.25, -0.2) is 13.1 Å². The molecule has 0 aromatic carbocycles. The fourth-order valence-corrected chi connectivity index (χ4v) is 3.05. The lowest BCUT2D eigenvalue weighted by Crippen LogP contribution is -2.31. The molecule has 108 valence electrons. The molecule has 0 saturated heterocycles. The van der Waals surface area contributed by atoms with Crippen molar-refractivity contribution < 1.29 is 17.7 Å². The zero-order valence-corrected chi connectivity index (χ0v) is 12.3. The number of aromatic nitrogens is 3. The van der Waals surface area contributed by atoms with E-state index in [2.05, 4.69) is 10.3 Å². The molecular formula is C11H14N4O4S. The summed E-state index contributed by atoms with van der Waals surface area (Å²) in [7, 11) is -2.37. The first-order valence-electron chi connectivity index (χ1n) is 5.73. The van der Waals surface area contributed by atoms with E-state index in [4.69, 9.17) is 4.52 Å². The lowest BCUT2D eigenvalue weighted by Gasteiger charge is -2.04. The minimum atomic E-state index is -4.03. The summed E-state index contributed by atoms with van der Waals surface area (Å²) in [4.78, 5) is 11.8. The molecule has 0 unspecified atom stereocenters. The van der Waals surface area contributed by atoms with Crippen LogP contribution in [0.1, 0.15) is 27.6 Å². The first kappa shape index (κ1) is 14.3.